The van der Waals surface area contributed by atoms with Crippen molar-refractivity contribution >= 4 is 47.0 Å². The minimum Gasteiger partial charge on any atom is -0.380 e. The molecule has 33 heavy (non-hydrogen) atoms. The Labute approximate surface area is 202 Å². The standard InChI is InChI=1S/C23H27N5O3S2/c1-6-19(24-15(3)4)18(14-30-7-2)23(29)26-11-16-12-27(25-20(16)13-26)33-17-8-9-21-22(10-17)28(21)31-32-5/h6,8-10,12,18H,1,3,7,11,13-14H2,2,4-5H3. The van der Waals surface area contributed by atoms with E-state index in [2.05, 4.69) is 24.2 Å². The van der Waals surface area contributed by atoms with Crippen LogP contribution in [0.2, 0.25) is 0 Å². The first-order valence-corrected chi connectivity index (χ1v) is 12.5. The van der Waals surface area contributed by atoms with E-state index in [1.54, 1.807) is 23.0 Å². The van der Waals surface area contributed by atoms with Crippen molar-refractivity contribution < 1.29 is 13.8 Å². The number of carbonyl (C=O) groups excluding carboxylic acids is 1. The van der Waals surface area contributed by atoms with Crippen LogP contribution >= 0.6 is 24.0 Å². The summed E-state index contributed by atoms with van der Waals surface area (Å²) in [7, 11) is 0. The van der Waals surface area contributed by atoms with Crippen LogP contribution in [0.5, 0.6) is 0 Å². The Morgan fingerprint density at radius 1 is 1.36 bits per heavy atom. The Hall–Kier alpha value is -2.53. The highest BCUT2D eigenvalue weighted by atomic mass is 32.2. The fourth-order valence-corrected chi connectivity index (χ4v) is 4.82. The Bertz CT molecular complexity index is 1090. The van der Waals surface area contributed by atoms with Gasteiger partial charge in [0.2, 0.25) is 5.91 Å². The predicted octanol–water partition coefficient (Wildman–Crippen LogP) is 4.76. The third kappa shape index (κ3) is 5.19. The first-order chi connectivity index (χ1) is 15.9. The van der Waals surface area contributed by atoms with Gasteiger partial charge in [-0.2, -0.15) is 9.38 Å². The number of aliphatic imine (C=N–C) groups is 1. The van der Waals surface area contributed by atoms with E-state index in [0.717, 1.165) is 27.5 Å². The maximum Gasteiger partial charge on any atom is 0.234 e. The van der Waals surface area contributed by atoms with E-state index in [4.69, 9.17) is 14.1 Å². The maximum absolute atomic E-state index is 13.3. The predicted molar refractivity (Wildman–Crippen MR) is 133 cm³/mol. The second-order valence-corrected chi connectivity index (χ2v) is 9.17. The minimum absolute atomic E-state index is 0.0411. The lowest BCUT2D eigenvalue weighted by Crippen LogP contribution is -2.38. The lowest BCUT2D eigenvalue weighted by atomic mass is 10.0. The largest absolute Gasteiger partial charge is 0.380 e. The number of rotatable bonds is 11. The molecule has 0 bridgehead atoms. The van der Waals surface area contributed by atoms with Crippen molar-refractivity contribution in [3.63, 3.8) is 0 Å². The molecule has 0 saturated carbocycles. The summed E-state index contributed by atoms with van der Waals surface area (Å²) in [6, 6.07) is 6.16. The molecule has 1 atom stereocenters. The molecule has 1 aromatic heterocycles. The average Bonchev–Trinajstić information content (AvgIpc) is 3.10. The third-order valence-corrected chi connectivity index (χ3v) is 6.36. The molecule has 3 heterocycles. The molecule has 0 aliphatic carbocycles. The van der Waals surface area contributed by atoms with E-state index in [1.165, 1.54) is 24.0 Å². The molecule has 0 saturated heterocycles. The number of allylic oxidation sites excluding steroid dienone is 2. The van der Waals surface area contributed by atoms with Gasteiger partial charge in [0.15, 0.2) is 0 Å². The van der Waals surface area contributed by atoms with Crippen molar-refractivity contribution in [2.75, 3.05) is 24.5 Å². The van der Waals surface area contributed by atoms with Gasteiger partial charge in [-0.25, -0.2) is 9.15 Å². The van der Waals surface area contributed by atoms with Crippen LogP contribution in [0.15, 0.2) is 59.2 Å². The minimum atomic E-state index is -0.519. The SMILES string of the molecule is C=CC(=NC(=C)C)C(COCC)C(=O)N1Cc2cn(Sc3ccc4c(c3)N4OSC)nc2C1. The first kappa shape index (κ1) is 23.6. The summed E-state index contributed by atoms with van der Waals surface area (Å²) in [5.74, 6) is -0.560. The van der Waals surface area contributed by atoms with Gasteiger partial charge in [-0.15, -0.1) is 0 Å². The molecule has 2 aliphatic heterocycles. The van der Waals surface area contributed by atoms with Crippen LogP contribution in [-0.4, -0.2) is 45.2 Å². The van der Waals surface area contributed by atoms with Gasteiger partial charge in [0, 0.05) is 65.8 Å². The number of carbonyl (C=O) groups is 1. The third-order valence-electron chi connectivity index (χ3n) is 5.23. The summed E-state index contributed by atoms with van der Waals surface area (Å²) in [6.07, 6.45) is 5.49. The van der Waals surface area contributed by atoms with Gasteiger partial charge in [0.05, 0.1) is 35.9 Å². The summed E-state index contributed by atoms with van der Waals surface area (Å²) in [5.41, 5.74) is 5.31. The molecule has 4 rings (SSSR count). The topological polar surface area (TPSA) is 72.0 Å². The average molecular weight is 486 g/mol. The Morgan fingerprint density at radius 3 is 2.85 bits per heavy atom. The molecule has 1 aromatic carbocycles. The molecule has 0 fully saturated rings. The fraction of sp³-hybridized carbons (Fsp3) is 0.348. The number of hydrogen-bond donors (Lipinski definition) is 0. The molecule has 0 radical (unpaired) electrons. The highest BCUT2D eigenvalue weighted by Crippen LogP contribution is 2.50. The van der Waals surface area contributed by atoms with Crippen molar-refractivity contribution in [3.05, 3.63) is 60.6 Å². The summed E-state index contributed by atoms with van der Waals surface area (Å²) in [5, 5.41) is 6.50. The van der Waals surface area contributed by atoms with E-state index in [-0.39, 0.29) is 12.5 Å². The second-order valence-electron chi connectivity index (χ2n) is 7.66. The summed E-state index contributed by atoms with van der Waals surface area (Å²) >= 11 is 2.85. The normalized spacial score (nSPS) is 15.3. The number of amides is 1. The van der Waals surface area contributed by atoms with Gasteiger partial charge >= 0.3 is 0 Å². The zero-order chi connectivity index (χ0) is 23.5. The summed E-state index contributed by atoms with van der Waals surface area (Å²) in [4.78, 5) is 20.6. The fourth-order valence-electron chi connectivity index (χ4n) is 3.68. The monoisotopic (exact) mass is 485 g/mol. The first-order valence-electron chi connectivity index (χ1n) is 10.6. The van der Waals surface area contributed by atoms with E-state index in [0.29, 0.717) is 31.1 Å². The molecule has 174 valence electrons. The molecule has 1 unspecified atom stereocenters. The highest BCUT2D eigenvalue weighted by Gasteiger charge is 2.34. The quantitative estimate of drug-likeness (QED) is 0.258. The molecular formula is C23H27N5O3S2. The van der Waals surface area contributed by atoms with E-state index in [9.17, 15) is 4.79 Å². The van der Waals surface area contributed by atoms with Crippen LogP contribution in [0, 0.1) is 5.92 Å². The zero-order valence-corrected chi connectivity index (χ0v) is 20.6. The highest BCUT2D eigenvalue weighted by molar-refractivity contribution is 7.97. The molecule has 0 N–H and O–H groups in total. The summed E-state index contributed by atoms with van der Waals surface area (Å²) < 4.78 is 12.9. The van der Waals surface area contributed by atoms with Crippen LogP contribution in [0.25, 0.3) is 0 Å². The number of nitrogens with zero attached hydrogens (tertiary/aromatic N) is 5. The van der Waals surface area contributed by atoms with Crippen LogP contribution < -0.4 is 5.06 Å². The van der Waals surface area contributed by atoms with Gasteiger partial charge in [-0.1, -0.05) is 13.2 Å². The number of aromatic nitrogens is 2. The Morgan fingerprint density at radius 2 is 2.18 bits per heavy atom. The van der Waals surface area contributed by atoms with E-state index >= 15 is 0 Å². The number of fused-ring (bicyclic) bond motifs is 2. The molecule has 0 spiro atoms. The van der Waals surface area contributed by atoms with Crippen molar-refractivity contribution in [1.29, 1.82) is 0 Å². The Balaban J connectivity index is 1.42. The smallest absolute Gasteiger partial charge is 0.234 e. The van der Waals surface area contributed by atoms with Crippen molar-refractivity contribution in [2.24, 2.45) is 10.9 Å². The van der Waals surface area contributed by atoms with Crippen molar-refractivity contribution in [2.45, 2.75) is 31.8 Å². The lowest BCUT2D eigenvalue weighted by molar-refractivity contribution is -0.135. The van der Waals surface area contributed by atoms with Crippen LogP contribution in [-0.2, 0) is 26.9 Å². The molecule has 8 nitrogen and oxygen atoms in total. The van der Waals surface area contributed by atoms with Crippen molar-refractivity contribution in [3.8, 4) is 0 Å². The van der Waals surface area contributed by atoms with Crippen molar-refractivity contribution in [1.82, 2.24) is 14.1 Å². The number of benzene rings is 1. The van der Waals surface area contributed by atoms with Gasteiger partial charge in [-0.05, 0) is 38.1 Å². The lowest BCUT2D eigenvalue weighted by Gasteiger charge is -2.23. The number of anilines is 2. The van der Waals surface area contributed by atoms with E-state index < -0.39 is 5.92 Å². The van der Waals surface area contributed by atoms with Gasteiger partial charge in [0.1, 0.15) is 5.92 Å². The van der Waals surface area contributed by atoms with Crippen LogP contribution in [0.1, 0.15) is 25.1 Å². The number of hydrogen-bond acceptors (Lipinski definition) is 8. The van der Waals surface area contributed by atoms with Gasteiger partial charge < -0.3 is 9.64 Å². The molecular weight excluding hydrogens is 458 g/mol. The molecule has 2 aliphatic rings. The number of ether oxygens (including phenoxy) is 1. The molecule has 10 heteroatoms. The molecule has 2 aromatic rings. The van der Waals surface area contributed by atoms with Gasteiger partial charge in [-0.3, -0.25) is 9.79 Å². The second kappa shape index (κ2) is 10.2. The summed E-state index contributed by atoms with van der Waals surface area (Å²) in [6.45, 7) is 13.1. The maximum atomic E-state index is 13.3. The van der Waals surface area contributed by atoms with Crippen LogP contribution in [0.4, 0.5) is 11.4 Å². The zero-order valence-electron chi connectivity index (χ0n) is 19.0. The van der Waals surface area contributed by atoms with Crippen LogP contribution in [0.3, 0.4) is 0 Å². The molecule has 1 amide bonds. The Kier molecular flexibility index (Phi) is 7.28. The van der Waals surface area contributed by atoms with E-state index in [1.807, 2.05) is 35.6 Å². The van der Waals surface area contributed by atoms with Gasteiger partial charge in [0.25, 0.3) is 0 Å².